The number of nitrogens with zero attached hydrogens (tertiary/aromatic N) is 2. The Hall–Kier alpha value is -4.83. The molecule has 3 aromatic rings. The molecule has 0 aliphatic carbocycles. The summed E-state index contributed by atoms with van der Waals surface area (Å²) in [5, 5.41) is 18.5. The normalized spacial score (nSPS) is 12.0. The molecule has 1 aromatic carbocycles. The van der Waals surface area contributed by atoms with E-state index in [1.807, 2.05) is 0 Å². The fraction of sp³-hybridized carbons (Fsp3) is 0.136. The first kappa shape index (κ1) is 30.4. The number of amides is 1. The predicted molar refractivity (Wildman–Crippen MR) is 111 cm³/mol. The van der Waals surface area contributed by atoms with Gasteiger partial charge < -0.3 is 20.3 Å². The quantitative estimate of drug-likeness (QED) is 0.370. The summed E-state index contributed by atoms with van der Waals surface area (Å²) >= 11 is 0. The van der Waals surface area contributed by atoms with Crippen LogP contribution in [0.1, 0.15) is 38.3 Å². The van der Waals surface area contributed by atoms with Crippen molar-refractivity contribution in [3.63, 3.8) is 0 Å². The lowest BCUT2D eigenvalue weighted by Gasteiger charge is -2.20. The monoisotopic (exact) mass is 567 g/mol. The minimum Gasteiger partial charge on any atom is -0.477 e. The van der Waals surface area contributed by atoms with E-state index in [9.17, 15) is 44.7 Å². The first-order valence-electron chi connectivity index (χ1n) is 9.96. The molecular weight excluding hydrogens is 554 g/mol. The summed E-state index contributed by atoms with van der Waals surface area (Å²) in [5.74, 6) is -8.54. The van der Waals surface area contributed by atoms with E-state index in [4.69, 9.17) is 15.0 Å². The van der Waals surface area contributed by atoms with Crippen LogP contribution in [0.4, 0.5) is 35.1 Å². The number of carboxylic acids is 2. The minimum atomic E-state index is -5.14. The largest absolute Gasteiger partial charge is 0.573 e. The number of aromatic nitrogens is 2. The van der Waals surface area contributed by atoms with Gasteiger partial charge in [0.05, 0.1) is 6.04 Å². The van der Waals surface area contributed by atoms with E-state index in [2.05, 4.69) is 20.0 Å². The maximum atomic E-state index is 14.4. The molecule has 0 fully saturated rings. The van der Waals surface area contributed by atoms with Gasteiger partial charge >= 0.3 is 24.5 Å². The number of rotatable bonds is 6. The van der Waals surface area contributed by atoms with Crippen molar-refractivity contribution in [2.45, 2.75) is 18.6 Å². The summed E-state index contributed by atoms with van der Waals surface area (Å²) in [7, 11) is 0. The molecule has 3 N–H and O–H groups in total. The number of carbonyl (C=O) groups is 3. The molecular formula is C22H13F8N3O6. The Morgan fingerprint density at radius 2 is 1.49 bits per heavy atom. The van der Waals surface area contributed by atoms with E-state index >= 15 is 0 Å². The lowest BCUT2D eigenvalue weighted by molar-refractivity contribution is -0.275. The summed E-state index contributed by atoms with van der Waals surface area (Å²) in [4.78, 5) is 40.1. The summed E-state index contributed by atoms with van der Waals surface area (Å²) in [6.45, 7) is 0. The van der Waals surface area contributed by atoms with Gasteiger partial charge in [0.1, 0.15) is 22.9 Å². The third kappa shape index (κ3) is 8.90. The van der Waals surface area contributed by atoms with Crippen LogP contribution < -0.4 is 10.1 Å². The zero-order valence-corrected chi connectivity index (χ0v) is 18.7. The van der Waals surface area contributed by atoms with E-state index in [1.54, 1.807) is 0 Å². The molecule has 0 aliphatic rings. The second-order valence-electron chi connectivity index (χ2n) is 7.03. The van der Waals surface area contributed by atoms with Gasteiger partial charge in [-0.25, -0.2) is 23.4 Å². The molecule has 0 saturated heterocycles. The highest BCUT2D eigenvalue weighted by atomic mass is 19.4. The molecule has 0 bridgehead atoms. The second-order valence-corrected chi connectivity index (χ2v) is 7.03. The average molecular weight is 567 g/mol. The van der Waals surface area contributed by atoms with Crippen LogP contribution in [0.2, 0.25) is 0 Å². The van der Waals surface area contributed by atoms with Crippen molar-refractivity contribution in [1.29, 1.82) is 0 Å². The molecule has 0 aliphatic heterocycles. The van der Waals surface area contributed by atoms with E-state index in [0.717, 1.165) is 18.2 Å². The molecule has 0 saturated carbocycles. The molecule has 0 unspecified atom stereocenters. The lowest BCUT2D eigenvalue weighted by atomic mass is 10.0. The van der Waals surface area contributed by atoms with Gasteiger partial charge in [0.2, 0.25) is 0 Å². The minimum absolute atomic E-state index is 0.155. The van der Waals surface area contributed by atoms with Crippen molar-refractivity contribution in [2.75, 3.05) is 0 Å². The number of hydrogen-bond donors (Lipinski definition) is 3. The average Bonchev–Trinajstić information content (AvgIpc) is 2.83. The second kappa shape index (κ2) is 12.1. The fourth-order valence-electron chi connectivity index (χ4n) is 2.71. The standard InChI is InChI=1S/C20H12F5N3O4.C2HF3O2/c21-11-3-2-8-26-17(11)16(10-6-7-15(12(22)9-10)32-20(23,24)25)28-18(29)13-4-1-5-14(27-13)19(30)31;3-2(4,5)1(6)7/h1-9,16H,(H,28,29)(H,30,31);(H,6,7)/t16-;/m0./s1. The summed E-state index contributed by atoms with van der Waals surface area (Å²) in [5.41, 5.74) is -1.29. The highest BCUT2D eigenvalue weighted by Crippen LogP contribution is 2.30. The van der Waals surface area contributed by atoms with Gasteiger partial charge in [-0.1, -0.05) is 12.1 Å². The van der Waals surface area contributed by atoms with Gasteiger partial charge in [0.15, 0.2) is 11.6 Å². The Labute approximate surface area is 211 Å². The van der Waals surface area contributed by atoms with E-state index < -0.39 is 59.5 Å². The van der Waals surface area contributed by atoms with Crippen LogP contribution in [-0.2, 0) is 4.79 Å². The number of hydrogen-bond acceptors (Lipinski definition) is 6. The van der Waals surface area contributed by atoms with Gasteiger partial charge in [-0.3, -0.25) is 9.78 Å². The number of pyridine rings is 2. The van der Waals surface area contributed by atoms with Gasteiger partial charge in [-0.05, 0) is 42.0 Å². The van der Waals surface area contributed by atoms with E-state index in [0.29, 0.717) is 12.1 Å². The molecule has 3 rings (SSSR count). The van der Waals surface area contributed by atoms with Crippen LogP contribution in [0.5, 0.6) is 5.75 Å². The van der Waals surface area contributed by atoms with E-state index in [1.165, 1.54) is 24.4 Å². The zero-order chi connectivity index (χ0) is 29.5. The fourth-order valence-corrected chi connectivity index (χ4v) is 2.71. The molecule has 0 spiro atoms. The van der Waals surface area contributed by atoms with Crippen LogP contribution in [0, 0.1) is 11.6 Å². The van der Waals surface area contributed by atoms with Crippen LogP contribution in [-0.4, -0.2) is 50.6 Å². The van der Waals surface area contributed by atoms with Gasteiger partial charge in [-0.15, -0.1) is 13.2 Å². The van der Waals surface area contributed by atoms with Crippen molar-refractivity contribution < 1.29 is 64.5 Å². The molecule has 0 radical (unpaired) electrons. The molecule has 208 valence electrons. The molecule has 2 heterocycles. The van der Waals surface area contributed by atoms with Gasteiger partial charge in [0.25, 0.3) is 5.91 Å². The van der Waals surface area contributed by atoms with Crippen molar-refractivity contribution in [1.82, 2.24) is 15.3 Å². The first-order chi connectivity index (χ1) is 18.0. The van der Waals surface area contributed by atoms with Crippen molar-refractivity contribution >= 4 is 17.8 Å². The Kier molecular flexibility index (Phi) is 9.46. The van der Waals surface area contributed by atoms with Crippen LogP contribution in [0.3, 0.4) is 0 Å². The number of halogens is 8. The smallest absolute Gasteiger partial charge is 0.477 e. The molecule has 9 nitrogen and oxygen atoms in total. The SMILES string of the molecule is O=C(O)C(F)(F)F.O=C(O)c1cccc(C(=O)N[C@@H](c2ccc(OC(F)(F)F)c(F)c2)c2ncccc2F)n1. The number of carboxylic acid groups (broad SMARTS) is 2. The predicted octanol–water partition coefficient (Wildman–Crippen LogP) is 4.50. The number of aromatic carboxylic acids is 1. The third-order valence-corrected chi connectivity index (χ3v) is 4.29. The van der Waals surface area contributed by atoms with Crippen LogP contribution in [0.15, 0.2) is 54.7 Å². The Morgan fingerprint density at radius 1 is 0.872 bits per heavy atom. The molecule has 39 heavy (non-hydrogen) atoms. The summed E-state index contributed by atoms with van der Waals surface area (Å²) in [6, 6.07) is 6.70. The summed E-state index contributed by atoms with van der Waals surface area (Å²) in [6.07, 6.45) is -9.03. The van der Waals surface area contributed by atoms with Gasteiger partial charge in [0, 0.05) is 6.20 Å². The highest BCUT2D eigenvalue weighted by Gasteiger charge is 2.38. The van der Waals surface area contributed by atoms with Crippen molar-refractivity contribution in [3.05, 3.63) is 89.0 Å². The van der Waals surface area contributed by atoms with Crippen molar-refractivity contribution in [3.8, 4) is 5.75 Å². The molecule has 1 atom stereocenters. The number of carbonyl (C=O) groups excluding carboxylic acids is 1. The maximum absolute atomic E-state index is 14.4. The zero-order valence-electron chi connectivity index (χ0n) is 18.7. The topological polar surface area (TPSA) is 139 Å². The molecule has 2 aromatic heterocycles. The number of benzene rings is 1. The van der Waals surface area contributed by atoms with Crippen molar-refractivity contribution in [2.24, 2.45) is 0 Å². The first-order valence-corrected chi connectivity index (χ1v) is 9.96. The Balaban J connectivity index is 0.000000673. The Bertz CT molecular complexity index is 1360. The van der Waals surface area contributed by atoms with Crippen LogP contribution in [0.25, 0.3) is 0 Å². The van der Waals surface area contributed by atoms with Crippen LogP contribution >= 0.6 is 0 Å². The molecule has 1 amide bonds. The lowest BCUT2D eigenvalue weighted by Crippen LogP contribution is -2.31. The number of aliphatic carboxylic acids is 1. The third-order valence-electron chi connectivity index (χ3n) is 4.29. The number of nitrogens with one attached hydrogen (secondary N) is 1. The number of ether oxygens (including phenoxy) is 1. The van der Waals surface area contributed by atoms with E-state index in [-0.39, 0.29) is 17.0 Å². The maximum Gasteiger partial charge on any atom is 0.573 e. The summed E-state index contributed by atoms with van der Waals surface area (Å²) < 4.78 is 101. The number of alkyl halides is 6. The van der Waals surface area contributed by atoms with Gasteiger partial charge in [-0.2, -0.15) is 13.2 Å². The highest BCUT2D eigenvalue weighted by molar-refractivity contribution is 5.94. The Morgan fingerprint density at radius 3 is 2.00 bits per heavy atom. The molecule has 17 heteroatoms.